The number of aromatic nitrogens is 1. The van der Waals surface area contributed by atoms with Gasteiger partial charge in [-0.05, 0) is 43.4 Å². The second-order valence-corrected chi connectivity index (χ2v) is 4.68. The molecular formula is C16H18FNO2. The normalized spacial score (nSPS) is 12.4. The van der Waals surface area contributed by atoms with Crippen LogP contribution in [-0.2, 0) is 16.0 Å². The minimum absolute atomic E-state index is 0.289. The Labute approximate surface area is 117 Å². The molecule has 0 radical (unpaired) electrons. The van der Waals surface area contributed by atoms with E-state index < -0.39 is 11.9 Å². The topological polar surface area (TPSA) is 39.2 Å². The van der Waals surface area contributed by atoms with Gasteiger partial charge in [-0.3, -0.25) is 9.78 Å². The predicted molar refractivity (Wildman–Crippen MR) is 76.1 cm³/mol. The molecule has 2 aromatic rings. The summed E-state index contributed by atoms with van der Waals surface area (Å²) >= 11 is 0. The van der Waals surface area contributed by atoms with E-state index >= 15 is 0 Å². The van der Waals surface area contributed by atoms with E-state index in [1.807, 2.05) is 6.92 Å². The summed E-state index contributed by atoms with van der Waals surface area (Å²) in [5.41, 5.74) is 1.28. The number of esters is 1. The Morgan fingerprint density at radius 1 is 1.40 bits per heavy atom. The van der Waals surface area contributed by atoms with E-state index in [2.05, 4.69) is 4.98 Å². The molecule has 1 atom stereocenters. The Kier molecular flexibility index (Phi) is 4.32. The summed E-state index contributed by atoms with van der Waals surface area (Å²) in [4.78, 5) is 16.0. The van der Waals surface area contributed by atoms with Gasteiger partial charge in [0.25, 0.3) is 0 Å². The SMILES string of the molecule is CCOC(=O)C(C)c1c(F)cc(CC)c2cnccc12. The number of carbonyl (C=O) groups is 1. The molecule has 0 aliphatic heterocycles. The van der Waals surface area contributed by atoms with Crippen molar-refractivity contribution in [3.05, 3.63) is 41.5 Å². The van der Waals surface area contributed by atoms with Crippen molar-refractivity contribution in [2.45, 2.75) is 33.1 Å². The fraction of sp³-hybridized carbons (Fsp3) is 0.375. The molecule has 3 nitrogen and oxygen atoms in total. The Morgan fingerprint density at radius 3 is 2.80 bits per heavy atom. The molecule has 20 heavy (non-hydrogen) atoms. The van der Waals surface area contributed by atoms with Gasteiger partial charge in [-0.15, -0.1) is 0 Å². The number of rotatable bonds is 4. The van der Waals surface area contributed by atoms with Gasteiger partial charge in [0.15, 0.2) is 0 Å². The quantitative estimate of drug-likeness (QED) is 0.800. The van der Waals surface area contributed by atoms with Gasteiger partial charge in [0.2, 0.25) is 0 Å². The Balaban J connectivity index is 2.64. The molecule has 1 heterocycles. The molecule has 1 unspecified atom stereocenters. The lowest BCUT2D eigenvalue weighted by Gasteiger charge is -2.16. The first-order chi connectivity index (χ1) is 9.60. The van der Waals surface area contributed by atoms with Crippen molar-refractivity contribution in [1.82, 2.24) is 4.98 Å². The molecule has 0 spiro atoms. The standard InChI is InChI=1S/C16H18FNO2/c1-4-11-8-14(17)15(10(3)16(19)20-5-2)12-6-7-18-9-13(11)12/h6-10H,4-5H2,1-3H3. The molecule has 0 N–H and O–H groups in total. The number of benzene rings is 1. The summed E-state index contributed by atoms with van der Waals surface area (Å²) in [7, 11) is 0. The smallest absolute Gasteiger partial charge is 0.313 e. The van der Waals surface area contributed by atoms with Gasteiger partial charge in [0.1, 0.15) is 5.82 Å². The number of nitrogens with zero attached hydrogens (tertiary/aromatic N) is 1. The highest BCUT2D eigenvalue weighted by Gasteiger charge is 2.23. The largest absolute Gasteiger partial charge is 0.466 e. The lowest BCUT2D eigenvalue weighted by molar-refractivity contribution is -0.144. The van der Waals surface area contributed by atoms with Gasteiger partial charge >= 0.3 is 5.97 Å². The molecule has 0 aliphatic rings. The monoisotopic (exact) mass is 275 g/mol. The molecule has 0 amide bonds. The molecule has 0 saturated carbocycles. The number of aryl methyl sites for hydroxylation is 1. The van der Waals surface area contributed by atoms with Crippen molar-refractivity contribution in [2.75, 3.05) is 6.61 Å². The number of hydrogen-bond acceptors (Lipinski definition) is 3. The van der Waals surface area contributed by atoms with Crippen LogP contribution in [0.3, 0.4) is 0 Å². The highest BCUT2D eigenvalue weighted by Crippen LogP contribution is 2.31. The first-order valence-corrected chi connectivity index (χ1v) is 6.81. The Bertz CT molecular complexity index is 640. The van der Waals surface area contributed by atoms with E-state index in [-0.39, 0.29) is 12.4 Å². The first kappa shape index (κ1) is 14.4. The predicted octanol–water partition coefficient (Wildman–Crippen LogP) is 3.60. The third kappa shape index (κ3) is 2.50. The average molecular weight is 275 g/mol. The van der Waals surface area contributed by atoms with Crippen LogP contribution in [0.15, 0.2) is 24.5 Å². The minimum atomic E-state index is -0.634. The summed E-state index contributed by atoms with van der Waals surface area (Å²) in [5, 5.41) is 1.62. The molecular weight excluding hydrogens is 257 g/mol. The molecule has 0 saturated heterocycles. The number of ether oxygens (including phenoxy) is 1. The number of carbonyl (C=O) groups excluding carboxylic acids is 1. The van der Waals surface area contributed by atoms with Crippen LogP contribution in [0.1, 0.15) is 37.8 Å². The maximum Gasteiger partial charge on any atom is 0.313 e. The fourth-order valence-corrected chi connectivity index (χ4v) is 2.44. The summed E-state index contributed by atoms with van der Waals surface area (Å²) in [6.07, 6.45) is 4.05. The second-order valence-electron chi connectivity index (χ2n) is 4.68. The fourth-order valence-electron chi connectivity index (χ4n) is 2.44. The van der Waals surface area contributed by atoms with Crippen LogP contribution < -0.4 is 0 Å². The molecule has 0 fully saturated rings. The third-order valence-electron chi connectivity index (χ3n) is 3.47. The van der Waals surface area contributed by atoms with Crippen LogP contribution in [0.4, 0.5) is 4.39 Å². The number of pyridine rings is 1. The van der Waals surface area contributed by atoms with Crippen LogP contribution in [0.5, 0.6) is 0 Å². The molecule has 1 aromatic carbocycles. The van der Waals surface area contributed by atoms with Crippen LogP contribution in [0.2, 0.25) is 0 Å². The zero-order chi connectivity index (χ0) is 14.7. The van der Waals surface area contributed by atoms with Crippen LogP contribution in [0, 0.1) is 5.82 Å². The van der Waals surface area contributed by atoms with Crippen molar-refractivity contribution in [1.29, 1.82) is 0 Å². The van der Waals surface area contributed by atoms with E-state index in [9.17, 15) is 9.18 Å². The zero-order valence-corrected chi connectivity index (χ0v) is 11.9. The van der Waals surface area contributed by atoms with Gasteiger partial charge in [-0.1, -0.05) is 6.92 Å². The van der Waals surface area contributed by atoms with E-state index in [1.165, 1.54) is 6.07 Å². The minimum Gasteiger partial charge on any atom is -0.466 e. The van der Waals surface area contributed by atoms with Crippen molar-refractivity contribution in [3.63, 3.8) is 0 Å². The van der Waals surface area contributed by atoms with Crippen molar-refractivity contribution >= 4 is 16.7 Å². The summed E-state index contributed by atoms with van der Waals surface area (Å²) in [6.45, 7) is 5.66. The van der Waals surface area contributed by atoms with Gasteiger partial charge in [0, 0.05) is 23.3 Å². The third-order valence-corrected chi connectivity index (χ3v) is 3.47. The molecule has 2 rings (SSSR count). The maximum absolute atomic E-state index is 14.4. The summed E-state index contributed by atoms with van der Waals surface area (Å²) < 4.78 is 19.4. The van der Waals surface area contributed by atoms with Crippen molar-refractivity contribution in [3.8, 4) is 0 Å². The van der Waals surface area contributed by atoms with Crippen molar-refractivity contribution < 1.29 is 13.9 Å². The van der Waals surface area contributed by atoms with Crippen LogP contribution in [-0.4, -0.2) is 17.6 Å². The Morgan fingerprint density at radius 2 is 2.15 bits per heavy atom. The number of hydrogen-bond donors (Lipinski definition) is 0. The van der Waals surface area contributed by atoms with Crippen LogP contribution >= 0.6 is 0 Å². The molecule has 0 bridgehead atoms. The van der Waals surface area contributed by atoms with Gasteiger partial charge in [-0.25, -0.2) is 4.39 Å². The van der Waals surface area contributed by atoms with Gasteiger partial charge in [0.05, 0.1) is 12.5 Å². The number of fused-ring (bicyclic) bond motifs is 1. The lowest BCUT2D eigenvalue weighted by atomic mass is 9.92. The maximum atomic E-state index is 14.4. The van der Waals surface area contributed by atoms with E-state index in [0.29, 0.717) is 12.0 Å². The summed E-state index contributed by atoms with van der Waals surface area (Å²) in [5.74, 6) is -1.40. The first-order valence-electron chi connectivity index (χ1n) is 6.81. The molecule has 0 aliphatic carbocycles. The molecule has 1 aromatic heterocycles. The molecule has 4 heteroatoms. The lowest BCUT2D eigenvalue weighted by Crippen LogP contribution is -2.15. The van der Waals surface area contributed by atoms with E-state index in [4.69, 9.17) is 4.74 Å². The van der Waals surface area contributed by atoms with Gasteiger partial charge < -0.3 is 4.74 Å². The van der Waals surface area contributed by atoms with Gasteiger partial charge in [-0.2, -0.15) is 0 Å². The molecule has 106 valence electrons. The van der Waals surface area contributed by atoms with E-state index in [0.717, 1.165) is 16.3 Å². The van der Waals surface area contributed by atoms with Crippen molar-refractivity contribution in [2.24, 2.45) is 0 Å². The average Bonchev–Trinajstić information content (AvgIpc) is 2.46. The second kappa shape index (κ2) is 5.99. The summed E-state index contributed by atoms with van der Waals surface area (Å²) in [6, 6.07) is 3.25. The highest BCUT2D eigenvalue weighted by molar-refractivity contribution is 5.92. The number of halogens is 1. The zero-order valence-electron chi connectivity index (χ0n) is 11.9. The van der Waals surface area contributed by atoms with Crippen LogP contribution in [0.25, 0.3) is 10.8 Å². The van der Waals surface area contributed by atoms with E-state index in [1.54, 1.807) is 32.3 Å². The highest BCUT2D eigenvalue weighted by atomic mass is 19.1. The Hall–Kier alpha value is -1.97.